The Balaban J connectivity index is 1.31. The van der Waals surface area contributed by atoms with Crippen LogP contribution in [0.3, 0.4) is 0 Å². The summed E-state index contributed by atoms with van der Waals surface area (Å²) >= 11 is 0. The molecule has 6 heteroatoms. The van der Waals surface area contributed by atoms with Gasteiger partial charge < -0.3 is 18.6 Å². The zero-order valence-corrected chi connectivity index (χ0v) is 29.0. The number of hydrogen-bond acceptors (Lipinski definition) is 4. The number of epoxide rings is 2. The molecule has 3 aromatic carbocycles. The predicted molar refractivity (Wildman–Crippen MR) is 182 cm³/mol. The van der Waals surface area contributed by atoms with E-state index in [2.05, 4.69) is 132 Å². The van der Waals surface area contributed by atoms with Crippen LogP contribution in [-0.2, 0) is 18.6 Å². The van der Waals surface area contributed by atoms with Gasteiger partial charge >= 0.3 is 0 Å². The van der Waals surface area contributed by atoms with Gasteiger partial charge in [-0.05, 0) is 74.3 Å². The lowest BCUT2D eigenvalue weighted by atomic mass is 9.68. The summed E-state index contributed by atoms with van der Waals surface area (Å²) in [6.45, 7) is 14.8. The van der Waals surface area contributed by atoms with Crippen LogP contribution in [0, 0.1) is 5.92 Å². The van der Waals surface area contributed by atoms with Crippen molar-refractivity contribution in [2.45, 2.75) is 94.6 Å². The maximum absolute atomic E-state index is 7.05. The molecule has 0 aromatic heterocycles. The van der Waals surface area contributed by atoms with Gasteiger partial charge in [-0.15, -0.1) is 0 Å². The summed E-state index contributed by atoms with van der Waals surface area (Å²) in [6.07, 6.45) is 4.20. The molecular formula is C37H50O4PSi+. The Kier molecular flexibility index (Phi) is 8.33. The molecule has 3 fully saturated rings. The van der Waals surface area contributed by atoms with Gasteiger partial charge in [0.05, 0.1) is 42.6 Å². The molecule has 0 bridgehead atoms. The molecule has 6 rings (SSSR count). The van der Waals surface area contributed by atoms with E-state index in [1.165, 1.54) is 15.9 Å². The van der Waals surface area contributed by atoms with Crippen LogP contribution in [0.2, 0.25) is 18.1 Å². The molecule has 2 aliphatic heterocycles. The molecule has 2 heterocycles. The maximum atomic E-state index is 7.05. The molecule has 230 valence electrons. The predicted octanol–water partition coefficient (Wildman–Crippen LogP) is 7.11. The Bertz CT molecular complexity index is 1280. The highest BCUT2D eigenvalue weighted by Crippen LogP contribution is 2.62. The first-order chi connectivity index (χ1) is 20.5. The second-order valence-electron chi connectivity index (χ2n) is 14.6. The highest BCUT2D eigenvalue weighted by Gasteiger charge is 2.72. The van der Waals surface area contributed by atoms with Crippen molar-refractivity contribution in [2.75, 3.05) is 19.9 Å². The Morgan fingerprint density at radius 2 is 1.35 bits per heavy atom. The van der Waals surface area contributed by atoms with E-state index in [0.717, 1.165) is 32.0 Å². The summed E-state index contributed by atoms with van der Waals surface area (Å²) in [5.41, 5.74) is -0.450. The minimum atomic E-state index is -1.97. The highest BCUT2D eigenvalue weighted by molar-refractivity contribution is 7.95. The fraction of sp³-hybridized carbons (Fsp3) is 0.514. The summed E-state index contributed by atoms with van der Waals surface area (Å²) in [4.78, 5) is 0. The standard InChI is InChI=1S/C37H50O4PSi/c1-35(2,3)43(6,7)41-31-23-25-37(27-39-37)34(33(31)38-5)36(4)32(40-36)24-26-42(28-17-11-8-12-18-28,29-19-13-9-14-20-29)30-21-15-10-16-22-30/h8-22,31-34H,23-27H2,1-7H3/q+1/t31?,32-,33-,34-,36+,37+/m1/s1. The molecule has 43 heavy (non-hydrogen) atoms. The summed E-state index contributed by atoms with van der Waals surface area (Å²) in [5.74, 6) is 0.149. The van der Waals surface area contributed by atoms with Crippen LogP contribution in [0.25, 0.3) is 0 Å². The van der Waals surface area contributed by atoms with Gasteiger partial charge in [-0.25, -0.2) is 0 Å². The first-order valence-corrected chi connectivity index (χ1v) is 20.9. The molecule has 1 unspecified atom stereocenters. The number of hydrogen-bond donors (Lipinski definition) is 0. The van der Waals surface area contributed by atoms with E-state index >= 15 is 0 Å². The number of rotatable bonds is 10. The van der Waals surface area contributed by atoms with Crippen molar-refractivity contribution in [1.82, 2.24) is 0 Å². The Morgan fingerprint density at radius 3 is 1.77 bits per heavy atom. The first-order valence-electron chi connectivity index (χ1n) is 16.0. The van der Waals surface area contributed by atoms with Gasteiger partial charge in [0.25, 0.3) is 0 Å². The number of ether oxygens (including phenoxy) is 3. The third kappa shape index (κ3) is 5.60. The van der Waals surface area contributed by atoms with Crippen molar-refractivity contribution in [2.24, 2.45) is 5.92 Å². The molecule has 2 saturated heterocycles. The van der Waals surface area contributed by atoms with Crippen molar-refractivity contribution in [1.29, 1.82) is 0 Å². The van der Waals surface area contributed by atoms with Crippen molar-refractivity contribution < 1.29 is 18.6 Å². The Labute approximate surface area is 261 Å². The molecular weight excluding hydrogens is 567 g/mol. The van der Waals surface area contributed by atoms with Crippen molar-refractivity contribution in [3.8, 4) is 0 Å². The molecule has 0 amide bonds. The van der Waals surface area contributed by atoms with Crippen LogP contribution in [0.15, 0.2) is 91.0 Å². The average Bonchev–Trinajstić information content (AvgIpc) is 3.92. The lowest BCUT2D eigenvalue weighted by molar-refractivity contribution is -0.111. The Morgan fingerprint density at radius 1 is 0.860 bits per heavy atom. The lowest BCUT2D eigenvalue weighted by Crippen LogP contribution is -2.58. The van der Waals surface area contributed by atoms with Crippen molar-refractivity contribution in [3.05, 3.63) is 91.0 Å². The van der Waals surface area contributed by atoms with E-state index in [-0.39, 0.29) is 40.5 Å². The number of methoxy groups -OCH3 is 1. The van der Waals surface area contributed by atoms with E-state index in [4.69, 9.17) is 18.6 Å². The minimum absolute atomic E-state index is 0.0442. The second-order valence-corrected chi connectivity index (χ2v) is 23.0. The average molecular weight is 618 g/mol. The van der Waals surface area contributed by atoms with E-state index in [1.807, 2.05) is 7.11 Å². The van der Waals surface area contributed by atoms with Crippen molar-refractivity contribution >= 4 is 31.5 Å². The minimum Gasteiger partial charge on any atom is -0.411 e. The Hall–Kier alpha value is -1.85. The highest BCUT2D eigenvalue weighted by atomic mass is 31.2. The maximum Gasteiger partial charge on any atom is 0.192 e. The topological polar surface area (TPSA) is 43.5 Å². The first kappa shape index (κ1) is 31.1. The van der Waals surface area contributed by atoms with Gasteiger partial charge in [0.2, 0.25) is 0 Å². The van der Waals surface area contributed by atoms with Crippen LogP contribution in [-0.4, -0.2) is 57.7 Å². The summed E-state index contributed by atoms with van der Waals surface area (Å²) < 4.78 is 26.5. The van der Waals surface area contributed by atoms with Gasteiger partial charge in [0.1, 0.15) is 28.8 Å². The third-order valence-electron chi connectivity index (χ3n) is 11.1. The molecule has 4 nitrogen and oxygen atoms in total. The van der Waals surface area contributed by atoms with Gasteiger partial charge in [0.15, 0.2) is 8.32 Å². The fourth-order valence-corrected chi connectivity index (χ4v) is 13.2. The van der Waals surface area contributed by atoms with Gasteiger partial charge in [0, 0.05) is 13.5 Å². The summed E-state index contributed by atoms with van der Waals surface area (Å²) in [5, 5.41) is 4.42. The summed E-state index contributed by atoms with van der Waals surface area (Å²) in [6, 6.07) is 33.5. The molecule has 1 aliphatic carbocycles. The van der Waals surface area contributed by atoms with Crippen LogP contribution < -0.4 is 15.9 Å². The van der Waals surface area contributed by atoms with E-state index < -0.39 is 15.6 Å². The largest absolute Gasteiger partial charge is 0.411 e. The molecule has 1 spiro atoms. The van der Waals surface area contributed by atoms with Crippen LogP contribution in [0.4, 0.5) is 0 Å². The van der Waals surface area contributed by atoms with Crippen LogP contribution >= 0.6 is 7.26 Å². The molecule has 6 atom stereocenters. The SMILES string of the molecule is CO[C@@H]1C(O[Si](C)(C)C(C)(C)C)CC[C@]2(CO2)[C@H]1[C@@]1(C)O[C@@H]1CC[P+](c1ccccc1)(c1ccccc1)c1ccccc1. The number of benzene rings is 3. The third-order valence-corrected chi connectivity index (χ3v) is 20.0. The quantitative estimate of drug-likeness (QED) is 0.138. The zero-order chi connectivity index (χ0) is 30.5. The monoisotopic (exact) mass is 617 g/mol. The fourth-order valence-electron chi connectivity index (χ4n) is 7.54. The van der Waals surface area contributed by atoms with E-state index in [1.54, 1.807) is 0 Å². The van der Waals surface area contributed by atoms with Crippen LogP contribution in [0.1, 0.15) is 47.0 Å². The normalized spacial score (nSPS) is 30.8. The van der Waals surface area contributed by atoms with E-state index in [9.17, 15) is 0 Å². The molecule has 0 radical (unpaired) electrons. The second kappa shape index (κ2) is 11.5. The lowest BCUT2D eigenvalue weighted by Gasteiger charge is -2.47. The zero-order valence-electron chi connectivity index (χ0n) is 27.1. The smallest absolute Gasteiger partial charge is 0.192 e. The van der Waals surface area contributed by atoms with Gasteiger partial charge in [-0.2, -0.15) is 0 Å². The molecule has 3 aromatic rings. The molecule has 1 saturated carbocycles. The van der Waals surface area contributed by atoms with Crippen molar-refractivity contribution in [3.63, 3.8) is 0 Å². The van der Waals surface area contributed by atoms with Gasteiger partial charge in [-0.3, -0.25) is 0 Å². The van der Waals surface area contributed by atoms with E-state index in [0.29, 0.717) is 0 Å². The van der Waals surface area contributed by atoms with Gasteiger partial charge in [-0.1, -0.05) is 75.4 Å². The summed E-state index contributed by atoms with van der Waals surface area (Å²) in [7, 11) is -2.03. The molecule has 3 aliphatic rings. The molecule has 0 N–H and O–H groups in total. The van der Waals surface area contributed by atoms with Crippen LogP contribution in [0.5, 0.6) is 0 Å².